The quantitative estimate of drug-likeness (QED) is 0.642. The molecule has 19 heavy (non-hydrogen) atoms. The van der Waals surface area contributed by atoms with Crippen molar-refractivity contribution >= 4 is 39.0 Å². The van der Waals surface area contributed by atoms with E-state index in [-0.39, 0.29) is 10.7 Å². The monoisotopic (exact) mass is 308 g/mol. The largest absolute Gasteiger partial charge is 0.480 e. The molecule has 0 heterocycles. The second-order valence-corrected chi connectivity index (χ2v) is 5.94. The lowest BCUT2D eigenvalue weighted by atomic mass is 10.3. The lowest BCUT2D eigenvalue weighted by molar-refractivity contribution is -0.384. The van der Waals surface area contributed by atoms with Crippen LogP contribution in [0.25, 0.3) is 0 Å². The summed E-state index contributed by atoms with van der Waals surface area (Å²) in [5, 5.41) is 19.4. The number of hydrogen-bond donors (Lipinski definition) is 1. The molecule has 0 saturated heterocycles. The summed E-state index contributed by atoms with van der Waals surface area (Å²) in [7, 11) is -3.16. The third kappa shape index (κ3) is 3.55. The highest BCUT2D eigenvalue weighted by molar-refractivity contribution is 7.93. The van der Waals surface area contributed by atoms with Crippen LogP contribution >= 0.6 is 11.6 Å². The molecule has 1 aromatic carbocycles. The van der Waals surface area contributed by atoms with E-state index >= 15 is 0 Å². The Morgan fingerprint density at radius 1 is 1.53 bits per heavy atom. The van der Waals surface area contributed by atoms with Crippen LogP contribution in [0.2, 0.25) is 5.02 Å². The molecule has 0 unspecified atom stereocenters. The Bertz CT molecular complexity index is 630. The number of nitrogens with zero attached hydrogens (tertiary/aromatic N) is 2. The molecule has 0 fully saturated rings. The molecule has 0 amide bonds. The number of benzene rings is 1. The molecule has 0 atom stereocenters. The zero-order chi connectivity index (χ0) is 14.8. The normalized spacial score (nSPS) is 11.1. The van der Waals surface area contributed by atoms with Gasteiger partial charge in [0.05, 0.1) is 4.92 Å². The third-order valence-corrected chi connectivity index (χ3v) is 4.07. The summed E-state index contributed by atoms with van der Waals surface area (Å²) in [6, 6.07) is 3.40. The molecule has 0 aliphatic rings. The fourth-order valence-electron chi connectivity index (χ4n) is 1.31. The van der Waals surface area contributed by atoms with Gasteiger partial charge in [0, 0.05) is 18.1 Å². The Morgan fingerprint density at radius 3 is 2.58 bits per heavy atom. The molecular weight excluding hydrogens is 300 g/mol. The van der Waals surface area contributed by atoms with Crippen molar-refractivity contribution in [1.82, 2.24) is 0 Å². The predicted octanol–water partition coefficient (Wildman–Crippen LogP) is 1.10. The van der Waals surface area contributed by atoms with Crippen LogP contribution in [0.3, 0.4) is 0 Å². The highest BCUT2D eigenvalue weighted by Crippen LogP contribution is 2.31. The molecule has 1 rings (SSSR count). The smallest absolute Gasteiger partial charge is 0.320 e. The lowest BCUT2D eigenvalue weighted by Crippen LogP contribution is -2.32. The van der Waals surface area contributed by atoms with Crippen LogP contribution in [0, 0.1) is 10.1 Å². The van der Waals surface area contributed by atoms with E-state index in [2.05, 4.69) is 0 Å². The fraction of sp³-hybridized carbons (Fsp3) is 0.222. The first-order valence-corrected chi connectivity index (χ1v) is 6.76. The van der Waals surface area contributed by atoms with Gasteiger partial charge in [0.15, 0.2) is 5.75 Å². The number of aliphatic carboxylic acids is 1. The van der Waals surface area contributed by atoms with Gasteiger partial charge in [-0.3, -0.25) is 19.2 Å². The van der Waals surface area contributed by atoms with Gasteiger partial charge in [-0.25, -0.2) is 8.42 Å². The summed E-state index contributed by atoms with van der Waals surface area (Å²) in [6.45, 7) is 0. The number of rotatable bonds is 5. The number of hydrogen-bond acceptors (Lipinski definition) is 5. The summed E-state index contributed by atoms with van der Waals surface area (Å²) in [6.07, 6.45) is 0. The Kier molecular flexibility index (Phi) is 4.32. The average Bonchev–Trinajstić information content (AvgIpc) is 2.26. The maximum atomic E-state index is 11.7. The van der Waals surface area contributed by atoms with Gasteiger partial charge in [-0.15, -0.1) is 0 Å². The van der Waals surface area contributed by atoms with Gasteiger partial charge in [-0.2, -0.15) is 0 Å². The number of carboxylic acids is 1. The number of halogens is 1. The van der Waals surface area contributed by atoms with Crippen molar-refractivity contribution in [3.63, 3.8) is 0 Å². The Balaban J connectivity index is 3.30. The minimum Gasteiger partial charge on any atom is -0.480 e. The van der Waals surface area contributed by atoms with Gasteiger partial charge in [-0.1, -0.05) is 11.6 Å². The summed E-state index contributed by atoms with van der Waals surface area (Å²) >= 11 is 5.60. The van der Waals surface area contributed by atoms with Gasteiger partial charge < -0.3 is 5.11 Å². The number of carboxylic acid groups (broad SMARTS) is 1. The van der Waals surface area contributed by atoms with Crippen LogP contribution in [0.5, 0.6) is 0 Å². The highest BCUT2D eigenvalue weighted by atomic mass is 35.5. The van der Waals surface area contributed by atoms with E-state index in [9.17, 15) is 23.3 Å². The van der Waals surface area contributed by atoms with Gasteiger partial charge in [-0.05, 0) is 12.1 Å². The van der Waals surface area contributed by atoms with E-state index in [0.29, 0.717) is 4.31 Å². The van der Waals surface area contributed by atoms with Crippen LogP contribution in [0.15, 0.2) is 18.2 Å². The summed E-state index contributed by atoms with van der Waals surface area (Å²) in [5.74, 6) is -2.72. The van der Waals surface area contributed by atoms with Crippen LogP contribution in [-0.2, 0) is 14.8 Å². The van der Waals surface area contributed by atoms with E-state index in [1.54, 1.807) is 0 Å². The zero-order valence-electron chi connectivity index (χ0n) is 9.61. The molecule has 0 bridgehead atoms. The van der Waals surface area contributed by atoms with E-state index < -0.39 is 32.4 Å². The second-order valence-electron chi connectivity index (χ2n) is 3.51. The van der Waals surface area contributed by atoms with Crippen molar-refractivity contribution in [2.24, 2.45) is 0 Å². The van der Waals surface area contributed by atoms with Gasteiger partial charge in [0.2, 0.25) is 10.0 Å². The third-order valence-electron chi connectivity index (χ3n) is 2.20. The van der Waals surface area contributed by atoms with Crippen LogP contribution in [-0.4, -0.2) is 37.2 Å². The molecule has 8 nitrogen and oxygen atoms in total. The first-order chi connectivity index (χ1) is 8.65. The van der Waals surface area contributed by atoms with Crippen molar-refractivity contribution in [1.29, 1.82) is 0 Å². The Morgan fingerprint density at radius 2 is 2.11 bits per heavy atom. The topological polar surface area (TPSA) is 118 Å². The van der Waals surface area contributed by atoms with E-state index in [1.807, 2.05) is 0 Å². The van der Waals surface area contributed by atoms with Crippen LogP contribution < -0.4 is 4.31 Å². The molecule has 0 aliphatic heterocycles. The molecule has 1 aromatic rings. The highest BCUT2D eigenvalue weighted by Gasteiger charge is 2.27. The van der Waals surface area contributed by atoms with Crippen molar-refractivity contribution < 1.29 is 23.2 Å². The molecule has 10 heteroatoms. The molecule has 0 aliphatic carbocycles. The molecule has 0 saturated carbocycles. The molecule has 0 radical (unpaired) electrons. The van der Waals surface area contributed by atoms with Gasteiger partial charge in [0.25, 0.3) is 5.69 Å². The van der Waals surface area contributed by atoms with E-state index in [0.717, 1.165) is 19.2 Å². The number of sulfonamides is 1. The lowest BCUT2D eigenvalue weighted by Gasteiger charge is -2.18. The van der Waals surface area contributed by atoms with Crippen LogP contribution in [0.4, 0.5) is 11.4 Å². The van der Waals surface area contributed by atoms with Crippen LogP contribution in [0.1, 0.15) is 0 Å². The summed E-state index contributed by atoms with van der Waals surface area (Å²) in [5.41, 5.74) is -0.778. The standard InChI is InChI=1S/C9H9ClN2O6S/c1-11(19(17,18)5-9(13)14)7-3-2-6(10)4-8(7)12(15)16/h2-4H,5H2,1H3,(H,13,14). The maximum Gasteiger partial charge on any atom is 0.320 e. The summed E-state index contributed by atoms with van der Waals surface area (Å²) in [4.78, 5) is 20.5. The molecule has 0 aromatic heterocycles. The maximum absolute atomic E-state index is 11.7. The molecular formula is C9H9ClN2O6S. The van der Waals surface area contributed by atoms with Crippen molar-refractivity contribution in [3.8, 4) is 0 Å². The van der Waals surface area contributed by atoms with Gasteiger partial charge in [0.1, 0.15) is 5.69 Å². The number of nitro groups is 1. The Hall–Kier alpha value is -1.87. The van der Waals surface area contributed by atoms with Crippen molar-refractivity contribution in [2.45, 2.75) is 0 Å². The first-order valence-electron chi connectivity index (χ1n) is 4.77. The average molecular weight is 309 g/mol. The minimum atomic E-state index is -4.20. The second kappa shape index (κ2) is 5.41. The fourth-order valence-corrected chi connectivity index (χ4v) is 2.44. The number of anilines is 1. The zero-order valence-corrected chi connectivity index (χ0v) is 11.2. The molecule has 104 valence electrons. The predicted molar refractivity (Wildman–Crippen MR) is 67.9 cm³/mol. The SMILES string of the molecule is CN(c1ccc(Cl)cc1[N+](=O)[O-])S(=O)(=O)CC(=O)O. The first kappa shape index (κ1) is 15.2. The molecule has 0 spiro atoms. The molecule has 1 N–H and O–H groups in total. The number of nitro benzene ring substituents is 1. The van der Waals surface area contributed by atoms with Crippen molar-refractivity contribution in [3.05, 3.63) is 33.3 Å². The van der Waals surface area contributed by atoms with Crippen molar-refractivity contribution in [2.75, 3.05) is 17.1 Å². The summed E-state index contributed by atoms with van der Waals surface area (Å²) < 4.78 is 23.9. The number of carbonyl (C=O) groups is 1. The minimum absolute atomic E-state index is 0.0690. The Labute approximate surface area is 113 Å². The van der Waals surface area contributed by atoms with E-state index in [4.69, 9.17) is 16.7 Å². The van der Waals surface area contributed by atoms with E-state index in [1.165, 1.54) is 6.07 Å². The van der Waals surface area contributed by atoms with Gasteiger partial charge >= 0.3 is 5.97 Å².